The first kappa shape index (κ1) is 14.8. The minimum absolute atomic E-state index is 0.0483. The molecule has 0 unspecified atom stereocenters. The van der Waals surface area contributed by atoms with Gasteiger partial charge in [0.15, 0.2) is 0 Å². The zero-order valence-electron chi connectivity index (χ0n) is 11.4. The summed E-state index contributed by atoms with van der Waals surface area (Å²) in [5.74, 6) is -1.60. The number of halogens is 3. The van der Waals surface area contributed by atoms with Gasteiger partial charge in [0.1, 0.15) is 0 Å². The molecule has 6 heteroatoms. The SMILES string of the molecule is CC1(C)CN(C(=O)c2ccncc2)CC[C@@H]1C(F)(F)F. The molecule has 0 spiro atoms. The van der Waals surface area contributed by atoms with Crippen molar-refractivity contribution < 1.29 is 18.0 Å². The Hall–Kier alpha value is -1.59. The predicted molar refractivity (Wildman–Crippen MR) is 68.1 cm³/mol. The van der Waals surface area contributed by atoms with Gasteiger partial charge in [0.05, 0.1) is 5.92 Å². The van der Waals surface area contributed by atoms with Gasteiger partial charge in [-0.25, -0.2) is 0 Å². The molecule has 1 aliphatic heterocycles. The van der Waals surface area contributed by atoms with Crippen molar-refractivity contribution in [3.05, 3.63) is 30.1 Å². The van der Waals surface area contributed by atoms with E-state index in [0.717, 1.165) is 0 Å². The topological polar surface area (TPSA) is 33.2 Å². The molecular formula is C14H17F3N2O. The summed E-state index contributed by atoms with van der Waals surface area (Å²) in [5, 5.41) is 0. The molecule has 1 saturated heterocycles. The van der Waals surface area contributed by atoms with Crippen LogP contribution in [-0.2, 0) is 0 Å². The molecule has 2 rings (SSSR count). The summed E-state index contributed by atoms with van der Waals surface area (Å²) in [5.41, 5.74) is -0.514. The number of alkyl halides is 3. The van der Waals surface area contributed by atoms with Crippen LogP contribution in [0.2, 0.25) is 0 Å². The third kappa shape index (κ3) is 2.94. The lowest BCUT2D eigenvalue weighted by Gasteiger charge is -2.44. The minimum atomic E-state index is -4.21. The number of carbonyl (C=O) groups excluding carboxylic acids is 1. The van der Waals surface area contributed by atoms with E-state index in [9.17, 15) is 18.0 Å². The lowest BCUT2D eigenvalue weighted by Crippen LogP contribution is -2.52. The van der Waals surface area contributed by atoms with E-state index < -0.39 is 17.5 Å². The van der Waals surface area contributed by atoms with Crippen molar-refractivity contribution in [1.29, 1.82) is 0 Å². The third-order valence-electron chi connectivity index (χ3n) is 3.84. The molecule has 1 aromatic heterocycles. The van der Waals surface area contributed by atoms with Crippen LogP contribution in [0.1, 0.15) is 30.6 Å². The molecule has 1 atom stereocenters. The van der Waals surface area contributed by atoms with Gasteiger partial charge in [-0.1, -0.05) is 13.8 Å². The molecular weight excluding hydrogens is 269 g/mol. The van der Waals surface area contributed by atoms with E-state index in [-0.39, 0.29) is 25.4 Å². The number of piperidine rings is 1. The first-order valence-electron chi connectivity index (χ1n) is 6.48. The molecule has 1 aliphatic rings. The van der Waals surface area contributed by atoms with Gasteiger partial charge < -0.3 is 4.90 Å². The third-order valence-corrected chi connectivity index (χ3v) is 3.84. The Bertz CT molecular complexity index is 485. The van der Waals surface area contributed by atoms with E-state index in [1.807, 2.05) is 0 Å². The molecule has 0 saturated carbocycles. The maximum atomic E-state index is 13.0. The largest absolute Gasteiger partial charge is 0.392 e. The van der Waals surface area contributed by atoms with Gasteiger partial charge >= 0.3 is 6.18 Å². The Labute approximate surface area is 115 Å². The molecule has 3 nitrogen and oxygen atoms in total. The van der Waals surface area contributed by atoms with Crippen molar-refractivity contribution in [3.63, 3.8) is 0 Å². The maximum absolute atomic E-state index is 13.0. The van der Waals surface area contributed by atoms with E-state index >= 15 is 0 Å². The van der Waals surface area contributed by atoms with E-state index in [2.05, 4.69) is 4.98 Å². The highest BCUT2D eigenvalue weighted by atomic mass is 19.4. The molecule has 2 heterocycles. The Morgan fingerprint density at radius 2 is 1.95 bits per heavy atom. The van der Waals surface area contributed by atoms with Crippen LogP contribution < -0.4 is 0 Å². The normalized spacial score (nSPS) is 22.6. The van der Waals surface area contributed by atoms with Crippen LogP contribution in [0.3, 0.4) is 0 Å². The summed E-state index contributed by atoms with van der Waals surface area (Å²) in [6.45, 7) is 3.38. The number of pyridine rings is 1. The summed E-state index contributed by atoms with van der Waals surface area (Å²) < 4.78 is 38.9. The van der Waals surface area contributed by atoms with Crippen LogP contribution in [0.5, 0.6) is 0 Å². The number of likely N-dealkylation sites (tertiary alicyclic amines) is 1. The smallest absolute Gasteiger partial charge is 0.338 e. The fourth-order valence-electron chi connectivity index (χ4n) is 2.81. The Morgan fingerprint density at radius 3 is 2.45 bits per heavy atom. The molecule has 1 amide bonds. The van der Waals surface area contributed by atoms with Gasteiger partial charge in [-0.15, -0.1) is 0 Å². The van der Waals surface area contributed by atoms with E-state index in [1.54, 1.807) is 26.0 Å². The molecule has 0 aromatic carbocycles. The number of rotatable bonds is 1. The van der Waals surface area contributed by atoms with Crippen molar-refractivity contribution in [1.82, 2.24) is 9.88 Å². The number of aromatic nitrogens is 1. The van der Waals surface area contributed by atoms with Crippen LogP contribution in [0.25, 0.3) is 0 Å². The van der Waals surface area contributed by atoms with Crippen LogP contribution in [0, 0.1) is 11.3 Å². The Morgan fingerprint density at radius 1 is 1.35 bits per heavy atom. The second-order valence-corrected chi connectivity index (χ2v) is 5.83. The van der Waals surface area contributed by atoms with Crippen molar-refractivity contribution in [2.45, 2.75) is 26.4 Å². The fraction of sp³-hybridized carbons (Fsp3) is 0.571. The number of amides is 1. The quantitative estimate of drug-likeness (QED) is 0.794. The number of carbonyl (C=O) groups is 1. The molecule has 0 N–H and O–H groups in total. The Balaban J connectivity index is 2.14. The second-order valence-electron chi connectivity index (χ2n) is 5.83. The first-order valence-corrected chi connectivity index (χ1v) is 6.48. The molecule has 20 heavy (non-hydrogen) atoms. The van der Waals surface area contributed by atoms with Crippen molar-refractivity contribution in [2.24, 2.45) is 11.3 Å². The molecule has 1 fully saturated rings. The number of hydrogen-bond donors (Lipinski definition) is 0. The minimum Gasteiger partial charge on any atom is -0.338 e. The fourth-order valence-corrected chi connectivity index (χ4v) is 2.81. The van der Waals surface area contributed by atoms with Gasteiger partial charge in [0, 0.05) is 31.0 Å². The van der Waals surface area contributed by atoms with Crippen molar-refractivity contribution in [3.8, 4) is 0 Å². The van der Waals surface area contributed by atoms with Gasteiger partial charge in [0.25, 0.3) is 5.91 Å². The van der Waals surface area contributed by atoms with Gasteiger partial charge in [-0.05, 0) is 24.0 Å². The standard InChI is InChI=1S/C14H17F3N2O/c1-13(2)9-19(8-5-11(13)14(15,16)17)12(20)10-3-6-18-7-4-10/h3-4,6-7,11H,5,8-9H2,1-2H3/t11-/m0/s1. The summed E-state index contributed by atoms with van der Waals surface area (Å²) in [7, 11) is 0. The van der Waals surface area contributed by atoms with Crippen molar-refractivity contribution in [2.75, 3.05) is 13.1 Å². The zero-order chi connectivity index (χ0) is 15.0. The highest BCUT2D eigenvalue weighted by Gasteiger charge is 2.51. The number of hydrogen-bond acceptors (Lipinski definition) is 2. The summed E-state index contributed by atoms with van der Waals surface area (Å²) in [6.07, 6.45) is -1.26. The Kier molecular flexibility index (Phi) is 3.75. The number of nitrogens with zero attached hydrogens (tertiary/aromatic N) is 2. The zero-order valence-corrected chi connectivity index (χ0v) is 11.4. The summed E-state index contributed by atoms with van der Waals surface area (Å²) >= 11 is 0. The van der Waals surface area contributed by atoms with Crippen LogP contribution >= 0.6 is 0 Å². The second kappa shape index (κ2) is 5.07. The summed E-state index contributed by atoms with van der Waals surface area (Å²) in [6, 6.07) is 3.15. The van der Waals surface area contributed by atoms with Crippen LogP contribution in [-0.4, -0.2) is 35.1 Å². The molecule has 0 aliphatic carbocycles. The first-order chi connectivity index (χ1) is 9.22. The summed E-state index contributed by atoms with van der Waals surface area (Å²) in [4.78, 5) is 17.6. The molecule has 110 valence electrons. The lowest BCUT2D eigenvalue weighted by molar-refractivity contribution is -0.214. The highest BCUT2D eigenvalue weighted by Crippen LogP contribution is 2.45. The van der Waals surface area contributed by atoms with Gasteiger partial charge in [-0.2, -0.15) is 13.2 Å². The monoisotopic (exact) mass is 286 g/mol. The maximum Gasteiger partial charge on any atom is 0.392 e. The molecule has 1 aromatic rings. The molecule has 0 radical (unpaired) electrons. The van der Waals surface area contributed by atoms with Gasteiger partial charge in [-0.3, -0.25) is 9.78 Å². The van der Waals surface area contributed by atoms with E-state index in [0.29, 0.717) is 5.56 Å². The highest BCUT2D eigenvalue weighted by molar-refractivity contribution is 5.94. The molecule has 0 bridgehead atoms. The van der Waals surface area contributed by atoms with Crippen LogP contribution in [0.15, 0.2) is 24.5 Å². The van der Waals surface area contributed by atoms with Gasteiger partial charge in [0.2, 0.25) is 0 Å². The van der Waals surface area contributed by atoms with E-state index in [1.165, 1.54) is 17.3 Å². The average molecular weight is 286 g/mol. The lowest BCUT2D eigenvalue weighted by atomic mass is 9.73. The van der Waals surface area contributed by atoms with Crippen molar-refractivity contribution >= 4 is 5.91 Å². The average Bonchev–Trinajstić information content (AvgIpc) is 2.36. The van der Waals surface area contributed by atoms with E-state index in [4.69, 9.17) is 0 Å². The van der Waals surface area contributed by atoms with Crippen LogP contribution in [0.4, 0.5) is 13.2 Å². The predicted octanol–water partition coefficient (Wildman–Crippen LogP) is 3.13.